The summed E-state index contributed by atoms with van der Waals surface area (Å²) in [4.78, 5) is 33.6. The second kappa shape index (κ2) is 7.88. The number of benzene rings is 1. The lowest BCUT2D eigenvalue weighted by molar-refractivity contribution is -0.137. The summed E-state index contributed by atoms with van der Waals surface area (Å²) in [5, 5.41) is 13.9. The minimum absolute atomic E-state index is 0.136. The predicted octanol–water partition coefficient (Wildman–Crippen LogP) is 1.55. The van der Waals surface area contributed by atoms with Crippen LogP contribution in [0.3, 0.4) is 0 Å². The highest BCUT2D eigenvalue weighted by Crippen LogP contribution is 2.10. The van der Waals surface area contributed by atoms with E-state index >= 15 is 0 Å². The monoisotopic (exact) mass is 293 g/mol. The lowest BCUT2D eigenvalue weighted by Gasteiger charge is -2.16. The Hall–Kier alpha value is -2.57. The van der Waals surface area contributed by atoms with Crippen LogP contribution in [0, 0.1) is 0 Å². The molecule has 0 fully saturated rings. The number of hydrogen-bond donors (Lipinski definition) is 4. The second-order valence-electron chi connectivity index (χ2n) is 4.63. The van der Waals surface area contributed by atoms with Crippen molar-refractivity contribution in [3.63, 3.8) is 0 Å². The van der Waals surface area contributed by atoms with Crippen LogP contribution in [0.15, 0.2) is 24.3 Å². The Bertz CT molecular complexity index is 531. The van der Waals surface area contributed by atoms with Gasteiger partial charge in [-0.05, 0) is 24.6 Å². The summed E-state index contributed by atoms with van der Waals surface area (Å²) in [5.41, 5.74) is 5.85. The first-order valence-corrected chi connectivity index (χ1v) is 6.61. The van der Waals surface area contributed by atoms with E-state index in [1.54, 1.807) is 12.1 Å². The molecular formula is C14H19N3O4. The van der Waals surface area contributed by atoms with Crippen LogP contribution >= 0.6 is 0 Å². The molecule has 0 saturated heterocycles. The van der Waals surface area contributed by atoms with E-state index in [1.165, 1.54) is 12.1 Å². The molecule has 0 heterocycles. The van der Waals surface area contributed by atoms with Crippen molar-refractivity contribution >= 4 is 23.6 Å². The maximum atomic E-state index is 11.8. The Balaban J connectivity index is 2.65. The van der Waals surface area contributed by atoms with Crippen LogP contribution in [0.25, 0.3) is 0 Å². The molecule has 21 heavy (non-hydrogen) atoms. The summed E-state index contributed by atoms with van der Waals surface area (Å²) in [6.07, 6.45) is 1.19. The fourth-order valence-electron chi connectivity index (χ4n) is 1.89. The van der Waals surface area contributed by atoms with E-state index in [2.05, 4.69) is 10.6 Å². The Morgan fingerprint density at radius 3 is 2.62 bits per heavy atom. The number of amides is 3. The van der Waals surface area contributed by atoms with Crippen molar-refractivity contribution in [1.82, 2.24) is 5.32 Å². The van der Waals surface area contributed by atoms with E-state index in [-0.39, 0.29) is 12.0 Å². The Kier molecular flexibility index (Phi) is 6.19. The molecular weight excluding hydrogens is 274 g/mol. The number of hydrogen-bond acceptors (Lipinski definition) is 3. The number of carbonyl (C=O) groups is 3. The minimum Gasteiger partial charge on any atom is -0.481 e. The van der Waals surface area contributed by atoms with Gasteiger partial charge in [-0.15, -0.1) is 0 Å². The maximum absolute atomic E-state index is 11.8. The first-order valence-electron chi connectivity index (χ1n) is 6.61. The van der Waals surface area contributed by atoms with Crippen LogP contribution in [0.1, 0.15) is 36.5 Å². The third-order valence-corrected chi connectivity index (χ3v) is 2.80. The van der Waals surface area contributed by atoms with Gasteiger partial charge in [0.1, 0.15) is 0 Å². The first-order chi connectivity index (χ1) is 9.92. The van der Waals surface area contributed by atoms with Gasteiger partial charge in [-0.3, -0.25) is 9.59 Å². The molecule has 3 amide bonds. The van der Waals surface area contributed by atoms with Crippen molar-refractivity contribution in [3.8, 4) is 0 Å². The van der Waals surface area contributed by atoms with Crippen LogP contribution in [0.5, 0.6) is 0 Å². The molecule has 0 bridgehead atoms. The number of nitrogens with one attached hydrogen (secondary N) is 2. The molecule has 1 atom stereocenters. The number of anilines is 1. The average molecular weight is 293 g/mol. The normalized spacial score (nSPS) is 11.5. The highest BCUT2D eigenvalue weighted by molar-refractivity contribution is 5.96. The molecule has 0 aromatic heterocycles. The second-order valence-corrected chi connectivity index (χ2v) is 4.63. The summed E-state index contributed by atoms with van der Waals surface area (Å²) < 4.78 is 0. The van der Waals surface area contributed by atoms with Gasteiger partial charge in [-0.25, -0.2) is 4.79 Å². The highest BCUT2D eigenvalue weighted by Gasteiger charge is 2.15. The van der Waals surface area contributed by atoms with Crippen molar-refractivity contribution < 1.29 is 19.5 Å². The predicted molar refractivity (Wildman–Crippen MR) is 78.1 cm³/mol. The standard InChI is InChI=1S/C14H19N3O4/c1-2-4-10(8-12(18)19)16-14(21)17-11-6-3-5-9(7-11)13(15)20/h3,5-7,10H,2,4,8H2,1H3,(H2,15,20)(H,18,19)(H2,16,17,21). The molecule has 1 unspecified atom stereocenters. The Morgan fingerprint density at radius 1 is 1.33 bits per heavy atom. The summed E-state index contributed by atoms with van der Waals surface area (Å²) in [6.45, 7) is 1.91. The van der Waals surface area contributed by atoms with Crippen molar-refractivity contribution in [2.45, 2.75) is 32.2 Å². The van der Waals surface area contributed by atoms with E-state index in [9.17, 15) is 14.4 Å². The number of carbonyl (C=O) groups excluding carboxylic acids is 2. The molecule has 0 aliphatic carbocycles. The van der Waals surface area contributed by atoms with Crippen molar-refractivity contribution in [1.29, 1.82) is 0 Å². The van der Waals surface area contributed by atoms with E-state index in [4.69, 9.17) is 10.8 Å². The van der Waals surface area contributed by atoms with Gasteiger partial charge >= 0.3 is 12.0 Å². The summed E-state index contributed by atoms with van der Waals surface area (Å²) in [6, 6.07) is 5.24. The van der Waals surface area contributed by atoms with Crippen molar-refractivity contribution in [3.05, 3.63) is 29.8 Å². The zero-order valence-corrected chi connectivity index (χ0v) is 11.8. The lowest BCUT2D eigenvalue weighted by atomic mass is 10.1. The maximum Gasteiger partial charge on any atom is 0.319 e. The van der Waals surface area contributed by atoms with Gasteiger partial charge < -0.3 is 21.5 Å². The molecule has 5 N–H and O–H groups in total. The number of urea groups is 1. The van der Waals surface area contributed by atoms with Crippen LogP contribution in [-0.4, -0.2) is 29.1 Å². The molecule has 0 saturated carbocycles. The molecule has 0 spiro atoms. The quantitative estimate of drug-likeness (QED) is 0.609. The molecule has 7 heteroatoms. The fraction of sp³-hybridized carbons (Fsp3) is 0.357. The Labute approximate surface area is 122 Å². The third kappa shape index (κ3) is 5.94. The number of aliphatic carboxylic acids is 1. The lowest BCUT2D eigenvalue weighted by Crippen LogP contribution is -2.39. The van der Waals surface area contributed by atoms with Gasteiger partial charge in [0.05, 0.1) is 6.42 Å². The van der Waals surface area contributed by atoms with E-state index in [0.717, 1.165) is 6.42 Å². The van der Waals surface area contributed by atoms with E-state index in [0.29, 0.717) is 12.1 Å². The van der Waals surface area contributed by atoms with E-state index < -0.39 is 23.9 Å². The average Bonchev–Trinajstić information content (AvgIpc) is 2.38. The summed E-state index contributed by atoms with van der Waals surface area (Å²) in [5.74, 6) is -1.56. The number of rotatable bonds is 7. The van der Waals surface area contributed by atoms with Gasteiger partial charge in [0.25, 0.3) is 0 Å². The zero-order chi connectivity index (χ0) is 15.8. The first kappa shape index (κ1) is 16.5. The van der Waals surface area contributed by atoms with Gasteiger partial charge in [0.15, 0.2) is 0 Å². The smallest absolute Gasteiger partial charge is 0.319 e. The topological polar surface area (TPSA) is 122 Å². The van der Waals surface area contributed by atoms with Crippen LogP contribution in [0.4, 0.5) is 10.5 Å². The third-order valence-electron chi connectivity index (χ3n) is 2.80. The van der Waals surface area contributed by atoms with Gasteiger partial charge in [0.2, 0.25) is 5.91 Å². The minimum atomic E-state index is -0.968. The van der Waals surface area contributed by atoms with Crippen LogP contribution in [-0.2, 0) is 4.79 Å². The summed E-state index contributed by atoms with van der Waals surface area (Å²) in [7, 11) is 0. The highest BCUT2D eigenvalue weighted by atomic mass is 16.4. The zero-order valence-electron chi connectivity index (χ0n) is 11.8. The van der Waals surface area contributed by atoms with Crippen molar-refractivity contribution in [2.75, 3.05) is 5.32 Å². The molecule has 7 nitrogen and oxygen atoms in total. The van der Waals surface area contributed by atoms with Gasteiger partial charge in [0, 0.05) is 17.3 Å². The molecule has 0 radical (unpaired) electrons. The SMILES string of the molecule is CCCC(CC(=O)O)NC(=O)Nc1cccc(C(N)=O)c1. The van der Waals surface area contributed by atoms with Crippen LogP contribution in [0.2, 0.25) is 0 Å². The molecule has 1 aromatic rings. The molecule has 1 aromatic carbocycles. The van der Waals surface area contributed by atoms with E-state index in [1.807, 2.05) is 6.92 Å². The molecule has 0 aliphatic heterocycles. The number of nitrogens with two attached hydrogens (primary N) is 1. The number of carboxylic acid groups (broad SMARTS) is 1. The van der Waals surface area contributed by atoms with Crippen molar-refractivity contribution in [2.24, 2.45) is 5.73 Å². The molecule has 1 rings (SSSR count). The number of carboxylic acids is 1. The van der Waals surface area contributed by atoms with Gasteiger partial charge in [-0.2, -0.15) is 0 Å². The molecule has 0 aliphatic rings. The largest absolute Gasteiger partial charge is 0.481 e. The number of primary amides is 1. The van der Waals surface area contributed by atoms with Gasteiger partial charge in [-0.1, -0.05) is 19.4 Å². The van der Waals surface area contributed by atoms with Crippen LogP contribution < -0.4 is 16.4 Å². The molecule has 114 valence electrons. The summed E-state index contributed by atoms with van der Waals surface area (Å²) >= 11 is 0. The Morgan fingerprint density at radius 2 is 2.05 bits per heavy atom. The fourth-order valence-corrected chi connectivity index (χ4v) is 1.89.